The van der Waals surface area contributed by atoms with Crippen molar-refractivity contribution in [3.8, 4) is 12.3 Å². The monoisotopic (exact) mass is 197 g/mol. The molecule has 0 aliphatic carbocycles. The highest BCUT2D eigenvalue weighted by Crippen LogP contribution is 2.21. The predicted molar refractivity (Wildman–Crippen MR) is 53.3 cm³/mol. The molecule has 3 heteroatoms. The Hall–Kier alpha value is -0.910. The lowest BCUT2D eigenvalue weighted by Crippen LogP contribution is -2.08. The highest BCUT2D eigenvalue weighted by molar-refractivity contribution is 6.28. The molecule has 0 aliphatic rings. The Morgan fingerprint density at radius 1 is 1.62 bits per heavy atom. The molecule has 0 fully saturated rings. The van der Waals surface area contributed by atoms with E-state index in [2.05, 4.69) is 5.92 Å². The molecule has 0 saturated carbocycles. The average molecular weight is 198 g/mol. The lowest BCUT2D eigenvalue weighted by molar-refractivity contribution is 0.448. The molecular formula is C10H12ClNO. The van der Waals surface area contributed by atoms with E-state index in [-0.39, 0.29) is 6.04 Å². The van der Waals surface area contributed by atoms with Gasteiger partial charge in [-0.05, 0) is 36.6 Å². The van der Waals surface area contributed by atoms with Crippen molar-refractivity contribution in [3.63, 3.8) is 0 Å². The van der Waals surface area contributed by atoms with Crippen molar-refractivity contribution in [2.24, 2.45) is 5.73 Å². The number of unbranched alkanes of at least 4 members (excludes halogenated alkanes) is 1. The zero-order chi connectivity index (χ0) is 9.68. The van der Waals surface area contributed by atoms with Gasteiger partial charge in [0.1, 0.15) is 5.76 Å². The first-order chi connectivity index (χ1) is 6.24. The minimum Gasteiger partial charge on any atom is -0.448 e. The van der Waals surface area contributed by atoms with Gasteiger partial charge in [-0.25, -0.2) is 0 Å². The SMILES string of the molecule is C#CCCCC(N)c1ccc(Cl)o1. The Morgan fingerprint density at radius 2 is 2.38 bits per heavy atom. The van der Waals surface area contributed by atoms with E-state index in [1.165, 1.54) is 0 Å². The third-order valence-electron chi connectivity index (χ3n) is 1.80. The van der Waals surface area contributed by atoms with Crippen LogP contribution in [0.2, 0.25) is 5.22 Å². The highest BCUT2D eigenvalue weighted by Gasteiger charge is 2.09. The number of furan rings is 1. The molecule has 1 atom stereocenters. The summed E-state index contributed by atoms with van der Waals surface area (Å²) in [6.07, 6.45) is 7.61. The van der Waals surface area contributed by atoms with Crippen LogP contribution in [0.15, 0.2) is 16.5 Å². The highest BCUT2D eigenvalue weighted by atomic mass is 35.5. The molecule has 0 bridgehead atoms. The largest absolute Gasteiger partial charge is 0.448 e. The van der Waals surface area contributed by atoms with Gasteiger partial charge in [0.05, 0.1) is 6.04 Å². The van der Waals surface area contributed by atoms with Crippen molar-refractivity contribution in [2.45, 2.75) is 25.3 Å². The Balaban J connectivity index is 2.40. The number of hydrogen-bond acceptors (Lipinski definition) is 2. The van der Waals surface area contributed by atoms with Crippen molar-refractivity contribution in [1.29, 1.82) is 0 Å². The van der Waals surface area contributed by atoms with Gasteiger partial charge in [-0.2, -0.15) is 0 Å². The van der Waals surface area contributed by atoms with E-state index in [0.29, 0.717) is 5.22 Å². The fourth-order valence-electron chi connectivity index (χ4n) is 1.09. The fraction of sp³-hybridized carbons (Fsp3) is 0.400. The lowest BCUT2D eigenvalue weighted by Gasteiger charge is -2.06. The van der Waals surface area contributed by atoms with Gasteiger partial charge in [-0.1, -0.05) is 0 Å². The van der Waals surface area contributed by atoms with Gasteiger partial charge in [0.15, 0.2) is 5.22 Å². The van der Waals surface area contributed by atoms with Crippen LogP contribution in [0.5, 0.6) is 0 Å². The zero-order valence-corrected chi connectivity index (χ0v) is 8.05. The summed E-state index contributed by atoms with van der Waals surface area (Å²) in [4.78, 5) is 0. The van der Waals surface area contributed by atoms with Crippen LogP contribution in [0.4, 0.5) is 0 Å². The maximum Gasteiger partial charge on any atom is 0.193 e. The maximum atomic E-state index is 5.83. The van der Waals surface area contributed by atoms with Crippen molar-refractivity contribution in [2.75, 3.05) is 0 Å². The molecule has 0 spiro atoms. The Morgan fingerprint density at radius 3 is 2.92 bits per heavy atom. The molecule has 13 heavy (non-hydrogen) atoms. The molecule has 1 heterocycles. The third kappa shape index (κ3) is 3.14. The molecule has 2 N–H and O–H groups in total. The van der Waals surface area contributed by atoms with Gasteiger partial charge in [-0.15, -0.1) is 12.3 Å². The first-order valence-corrected chi connectivity index (χ1v) is 4.56. The van der Waals surface area contributed by atoms with E-state index in [0.717, 1.165) is 25.0 Å². The summed E-state index contributed by atoms with van der Waals surface area (Å²) < 4.78 is 5.16. The third-order valence-corrected chi connectivity index (χ3v) is 2.00. The van der Waals surface area contributed by atoms with Gasteiger partial charge >= 0.3 is 0 Å². The molecule has 1 aromatic rings. The van der Waals surface area contributed by atoms with Gasteiger partial charge < -0.3 is 10.2 Å². The summed E-state index contributed by atoms with van der Waals surface area (Å²) in [5, 5.41) is 0.377. The fourth-order valence-corrected chi connectivity index (χ4v) is 1.25. The number of terminal acetylenes is 1. The van der Waals surface area contributed by atoms with Crippen LogP contribution < -0.4 is 5.73 Å². The molecular weight excluding hydrogens is 186 g/mol. The van der Waals surface area contributed by atoms with Crippen LogP contribution in [0.3, 0.4) is 0 Å². The topological polar surface area (TPSA) is 39.2 Å². The second kappa shape index (κ2) is 4.96. The van der Waals surface area contributed by atoms with E-state index >= 15 is 0 Å². The number of halogens is 1. The van der Waals surface area contributed by atoms with Crippen LogP contribution in [0, 0.1) is 12.3 Å². The van der Waals surface area contributed by atoms with E-state index in [1.54, 1.807) is 12.1 Å². The standard InChI is InChI=1S/C10H12ClNO/c1-2-3-4-5-8(12)9-6-7-10(11)13-9/h1,6-8H,3-5,12H2. The average Bonchev–Trinajstić information content (AvgIpc) is 2.52. The molecule has 1 unspecified atom stereocenters. The maximum absolute atomic E-state index is 5.83. The van der Waals surface area contributed by atoms with Crippen LogP contribution >= 0.6 is 11.6 Å². The summed E-state index contributed by atoms with van der Waals surface area (Å²) in [5.41, 5.74) is 5.83. The summed E-state index contributed by atoms with van der Waals surface area (Å²) >= 11 is 5.61. The second-order valence-electron chi connectivity index (χ2n) is 2.84. The van der Waals surface area contributed by atoms with Crippen LogP contribution in [-0.2, 0) is 0 Å². The summed E-state index contributed by atoms with van der Waals surface area (Å²) in [7, 11) is 0. The summed E-state index contributed by atoms with van der Waals surface area (Å²) in [6.45, 7) is 0. The molecule has 1 rings (SSSR count). The molecule has 2 nitrogen and oxygen atoms in total. The molecule has 0 aromatic carbocycles. The number of rotatable bonds is 4. The Kier molecular flexibility index (Phi) is 3.88. The second-order valence-corrected chi connectivity index (χ2v) is 3.22. The van der Waals surface area contributed by atoms with Gasteiger partial charge in [0.25, 0.3) is 0 Å². The van der Waals surface area contributed by atoms with Crippen molar-refractivity contribution in [1.82, 2.24) is 0 Å². The molecule has 1 aromatic heterocycles. The normalized spacial score (nSPS) is 12.4. The molecule has 0 amide bonds. The Labute approximate surface area is 83.1 Å². The molecule has 0 saturated heterocycles. The quantitative estimate of drug-likeness (QED) is 0.596. The first-order valence-electron chi connectivity index (χ1n) is 4.18. The van der Waals surface area contributed by atoms with Gasteiger partial charge in [0, 0.05) is 6.42 Å². The van der Waals surface area contributed by atoms with E-state index in [9.17, 15) is 0 Å². The predicted octanol–water partition coefficient (Wildman–Crippen LogP) is 2.74. The Bertz CT molecular complexity index is 300. The van der Waals surface area contributed by atoms with Crippen molar-refractivity contribution in [3.05, 3.63) is 23.1 Å². The lowest BCUT2D eigenvalue weighted by atomic mass is 10.1. The number of nitrogens with two attached hydrogens (primary N) is 1. The summed E-state index contributed by atoms with van der Waals surface area (Å²) in [5.74, 6) is 3.29. The molecule has 70 valence electrons. The van der Waals surface area contributed by atoms with Gasteiger partial charge in [-0.3, -0.25) is 0 Å². The van der Waals surface area contributed by atoms with E-state index in [4.69, 9.17) is 28.2 Å². The molecule has 0 radical (unpaired) electrons. The van der Waals surface area contributed by atoms with E-state index < -0.39 is 0 Å². The zero-order valence-electron chi connectivity index (χ0n) is 7.29. The van der Waals surface area contributed by atoms with Crippen molar-refractivity contribution < 1.29 is 4.42 Å². The van der Waals surface area contributed by atoms with Crippen LogP contribution in [0.1, 0.15) is 31.1 Å². The van der Waals surface area contributed by atoms with Crippen molar-refractivity contribution >= 4 is 11.6 Å². The van der Waals surface area contributed by atoms with E-state index in [1.807, 2.05) is 0 Å². The smallest absolute Gasteiger partial charge is 0.193 e. The first kappa shape index (κ1) is 10.2. The minimum absolute atomic E-state index is 0.0964. The van der Waals surface area contributed by atoms with Gasteiger partial charge in [0.2, 0.25) is 0 Å². The minimum atomic E-state index is -0.0964. The summed E-state index contributed by atoms with van der Waals surface area (Å²) in [6, 6.07) is 3.39. The molecule has 0 aliphatic heterocycles. The van der Waals surface area contributed by atoms with Crippen LogP contribution in [0.25, 0.3) is 0 Å². The number of hydrogen-bond donors (Lipinski definition) is 1. The van der Waals surface area contributed by atoms with Crippen LogP contribution in [-0.4, -0.2) is 0 Å².